The number of hydrogen-bond acceptors (Lipinski definition) is 4. The first-order valence-electron chi connectivity index (χ1n) is 7.18. The van der Waals surface area contributed by atoms with Crippen molar-refractivity contribution in [2.75, 3.05) is 13.1 Å². The number of aromatic nitrogens is 2. The summed E-state index contributed by atoms with van der Waals surface area (Å²) in [5.74, 6) is 0. The molecule has 4 rings (SSSR count). The minimum atomic E-state index is 0.989. The average Bonchev–Trinajstić information content (AvgIpc) is 2.56. The summed E-state index contributed by atoms with van der Waals surface area (Å²) >= 11 is 0. The van der Waals surface area contributed by atoms with Crippen LogP contribution in [0, 0.1) is 0 Å². The van der Waals surface area contributed by atoms with Crippen LogP contribution in [0.4, 0.5) is 0 Å². The minimum Gasteiger partial charge on any atom is -0.312 e. The van der Waals surface area contributed by atoms with Gasteiger partial charge in [0, 0.05) is 37.9 Å². The SMILES string of the molecule is c1cc2c(cn1)CCNC2.c1cc2c(cn1)CNCC2. The van der Waals surface area contributed by atoms with Crippen LogP contribution in [0.1, 0.15) is 22.3 Å². The molecule has 0 aliphatic carbocycles. The number of nitrogens with one attached hydrogen (secondary N) is 2. The van der Waals surface area contributed by atoms with Gasteiger partial charge in [-0.25, -0.2) is 0 Å². The quantitative estimate of drug-likeness (QED) is 0.759. The van der Waals surface area contributed by atoms with Crippen LogP contribution in [-0.4, -0.2) is 23.1 Å². The lowest BCUT2D eigenvalue weighted by molar-refractivity contribution is 0.641. The molecule has 0 unspecified atom stereocenters. The van der Waals surface area contributed by atoms with E-state index < -0.39 is 0 Å². The zero-order valence-electron chi connectivity index (χ0n) is 11.6. The normalized spacial score (nSPS) is 16.4. The van der Waals surface area contributed by atoms with E-state index in [-0.39, 0.29) is 0 Å². The van der Waals surface area contributed by atoms with Crippen LogP contribution in [0.25, 0.3) is 0 Å². The van der Waals surface area contributed by atoms with Gasteiger partial charge in [-0.3, -0.25) is 9.97 Å². The zero-order chi connectivity index (χ0) is 13.6. The molecule has 0 radical (unpaired) electrons. The molecule has 0 amide bonds. The number of fused-ring (bicyclic) bond motifs is 2. The van der Waals surface area contributed by atoms with Gasteiger partial charge in [0.1, 0.15) is 0 Å². The first kappa shape index (κ1) is 13.2. The van der Waals surface area contributed by atoms with E-state index in [9.17, 15) is 0 Å². The number of hydrogen-bond donors (Lipinski definition) is 2. The van der Waals surface area contributed by atoms with Gasteiger partial charge in [-0.2, -0.15) is 0 Å². The molecule has 4 heterocycles. The Balaban J connectivity index is 0.000000121. The Morgan fingerprint density at radius 1 is 0.700 bits per heavy atom. The lowest BCUT2D eigenvalue weighted by Gasteiger charge is -2.15. The van der Waals surface area contributed by atoms with E-state index in [1.807, 2.05) is 24.8 Å². The maximum atomic E-state index is 4.07. The highest BCUT2D eigenvalue weighted by Gasteiger charge is 2.06. The van der Waals surface area contributed by atoms with Gasteiger partial charge in [0.2, 0.25) is 0 Å². The summed E-state index contributed by atoms with van der Waals surface area (Å²) < 4.78 is 0. The highest BCUT2D eigenvalue weighted by Crippen LogP contribution is 2.10. The Kier molecular flexibility index (Phi) is 4.35. The van der Waals surface area contributed by atoms with E-state index in [2.05, 4.69) is 32.7 Å². The summed E-state index contributed by atoms with van der Waals surface area (Å²) in [6, 6.07) is 4.19. The third-order valence-corrected chi connectivity index (χ3v) is 3.78. The Bertz CT molecular complexity index is 466. The Hall–Kier alpha value is -1.78. The second kappa shape index (κ2) is 6.59. The molecule has 0 aromatic carbocycles. The van der Waals surface area contributed by atoms with Crippen molar-refractivity contribution in [3.8, 4) is 0 Å². The molecule has 4 nitrogen and oxygen atoms in total. The Labute approximate surface area is 119 Å². The smallest absolute Gasteiger partial charge is 0.0315 e. The zero-order valence-corrected chi connectivity index (χ0v) is 11.6. The molecule has 2 aromatic rings. The van der Waals surface area contributed by atoms with Crippen LogP contribution in [0.2, 0.25) is 0 Å². The maximum Gasteiger partial charge on any atom is 0.0315 e. The Morgan fingerprint density at radius 2 is 1.30 bits per heavy atom. The number of rotatable bonds is 0. The minimum absolute atomic E-state index is 0.989. The van der Waals surface area contributed by atoms with Crippen molar-refractivity contribution < 1.29 is 0 Å². The van der Waals surface area contributed by atoms with E-state index in [4.69, 9.17) is 0 Å². The molecule has 2 aromatic heterocycles. The van der Waals surface area contributed by atoms with E-state index in [0.29, 0.717) is 0 Å². The number of nitrogens with zero attached hydrogens (tertiary/aromatic N) is 2. The molecule has 20 heavy (non-hydrogen) atoms. The van der Waals surface area contributed by atoms with Crippen LogP contribution < -0.4 is 10.6 Å². The van der Waals surface area contributed by atoms with Gasteiger partial charge < -0.3 is 10.6 Å². The van der Waals surface area contributed by atoms with Crippen LogP contribution >= 0.6 is 0 Å². The first-order valence-corrected chi connectivity index (χ1v) is 7.18. The molecule has 4 heteroatoms. The standard InChI is InChI=1S/2C8H10N2/c1-3-9-6-8-2-4-10-5-7(1)8;1-3-9-5-8-6-10-4-2-7(1)8/h1,3,6,10H,2,4-5H2;1,3,5,10H,2,4,6H2. The van der Waals surface area contributed by atoms with Gasteiger partial charge in [-0.1, -0.05) is 0 Å². The van der Waals surface area contributed by atoms with Gasteiger partial charge in [0.05, 0.1) is 0 Å². The second-order valence-corrected chi connectivity index (χ2v) is 5.14. The summed E-state index contributed by atoms with van der Waals surface area (Å²) in [5, 5.41) is 6.61. The predicted molar refractivity (Wildman–Crippen MR) is 79.3 cm³/mol. The summed E-state index contributed by atoms with van der Waals surface area (Å²) in [6.45, 7) is 4.21. The lowest BCUT2D eigenvalue weighted by Crippen LogP contribution is -2.23. The van der Waals surface area contributed by atoms with Gasteiger partial charge in [-0.05, 0) is 60.3 Å². The van der Waals surface area contributed by atoms with E-state index in [0.717, 1.165) is 39.0 Å². The van der Waals surface area contributed by atoms with Gasteiger partial charge >= 0.3 is 0 Å². The average molecular weight is 268 g/mol. The molecule has 104 valence electrons. The van der Waals surface area contributed by atoms with Crippen molar-refractivity contribution in [3.05, 3.63) is 59.2 Å². The molecule has 0 atom stereocenters. The fourth-order valence-corrected chi connectivity index (χ4v) is 2.60. The maximum absolute atomic E-state index is 4.07. The van der Waals surface area contributed by atoms with Gasteiger partial charge in [-0.15, -0.1) is 0 Å². The molecule has 0 spiro atoms. The van der Waals surface area contributed by atoms with Crippen molar-refractivity contribution in [3.63, 3.8) is 0 Å². The van der Waals surface area contributed by atoms with Crippen molar-refractivity contribution in [2.45, 2.75) is 25.9 Å². The van der Waals surface area contributed by atoms with Crippen molar-refractivity contribution in [2.24, 2.45) is 0 Å². The molecule has 0 saturated heterocycles. The highest BCUT2D eigenvalue weighted by atomic mass is 14.9. The summed E-state index contributed by atoms with van der Waals surface area (Å²) in [6.07, 6.45) is 9.91. The third kappa shape index (κ3) is 3.21. The third-order valence-electron chi connectivity index (χ3n) is 3.78. The van der Waals surface area contributed by atoms with Crippen molar-refractivity contribution >= 4 is 0 Å². The van der Waals surface area contributed by atoms with Crippen LogP contribution in [0.3, 0.4) is 0 Å². The molecule has 2 N–H and O–H groups in total. The molecule has 0 bridgehead atoms. The molecular weight excluding hydrogens is 248 g/mol. The fourth-order valence-electron chi connectivity index (χ4n) is 2.60. The van der Waals surface area contributed by atoms with Crippen molar-refractivity contribution in [1.82, 2.24) is 20.6 Å². The second-order valence-electron chi connectivity index (χ2n) is 5.14. The predicted octanol–water partition coefficient (Wildman–Crippen LogP) is 1.45. The van der Waals surface area contributed by atoms with Crippen LogP contribution in [-0.2, 0) is 25.9 Å². The monoisotopic (exact) mass is 268 g/mol. The van der Waals surface area contributed by atoms with Gasteiger partial charge in [0.25, 0.3) is 0 Å². The summed E-state index contributed by atoms with van der Waals surface area (Å²) in [4.78, 5) is 8.13. The molecule has 0 saturated carbocycles. The molecular formula is C16H20N4. The highest BCUT2D eigenvalue weighted by molar-refractivity contribution is 5.25. The molecule has 2 aliphatic rings. The van der Waals surface area contributed by atoms with E-state index in [1.165, 1.54) is 22.3 Å². The molecule has 0 fully saturated rings. The summed E-state index contributed by atoms with van der Waals surface area (Å²) in [7, 11) is 0. The van der Waals surface area contributed by atoms with E-state index >= 15 is 0 Å². The van der Waals surface area contributed by atoms with Crippen LogP contribution in [0.5, 0.6) is 0 Å². The fraction of sp³-hybridized carbons (Fsp3) is 0.375. The van der Waals surface area contributed by atoms with Crippen molar-refractivity contribution in [1.29, 1.82) is 0 Å². The lowest BCUT2D eigenvalue weighted by atomic mass is 10.0. The topological polar surface area (TPSA) is 49.8 Å². The number of pyridine rings is 2. The van der Waals surface area contributed by atoms with Crippen LogP contribution in [0.15, 0.2) is 36.9 Å². The summed E-state index contributed by atoms with van der Waals surface area (Å²) in [5.41, 5.74) is 5.62. The largest absolute Gasteiger partial charge is 0.312 e. The van der Waals surface area contributed by atoms with Gasteiger partial charge in [0.15, 0.2) is 0 Å². The van der Waals surface area contributed by atoms with E-state index in [1.54, 1.807) is 0 Å². The molecule has 2 aliphatic heterocycles. The Morgan fingerprint density at radius 3 is 2.00 bits per heavy atom. The first-order chi connectivity index (χ1) is 9.93.